The smallest absolute Gasteiger partial charge is 0.461 e. The first-order chi connectivity index (χ1) is 26.6. The summed E-state index contributed by atoms with van der Waals surface area (Å²) in [7, 11) is 0. The van der Waals surface area contributed by atoms with E-state index >= 15 is 0 Å². The Hall–Kier alpha value is -5.77. The standard InChI is InChI=1S/C38H42ClN5O13/c1-10-38(17-52-27(47)14-36(6,7)29-20(3)11-19(2)12-23(29)54-22(5)45)25(46)13-26(56-38)44-18-40-30-31(41-33(39)43-32(30)44)42-34(49)57-37(8,9)15-28(48)51-16-24-21(4)53-35(50)55-24/h1,11-12,18,25-26,46H,13-17H2,2-9H3,(H,41,42,43,49)/t25-,26+,38+/m0/s1. The summed E-state index contributed by atoms with van der Waals surface area (Å²) in [6, 6.07) is 3.66. The number of terminal acetylenes is 1. The van der Waals surface area contributed by atoms with E-state index in [0.29, 0.717) is 11.3 Å². The normalized spacial score (nSPS) is 18.2. The van der Waals surface area contributed by atoms with Crippen LogP contribution >= 0.6 is 11.6 Å². The summed E-state index contributed by atoms with van der Waals surface area (Å²) in [6.07, 6.45) is 3.32. The highest BCUT2D eigenvalue weighted by atomic mass is 35.5. The van der Waals surface area contributed by atoms with E-state index in [2.05, 4.69) is 26.2 Å². The molecule has 1 aliphatic heterocycles. The van der Waals surface area contributed by atoms with E-state index in [1.165, 1.54) is 38.6 Å². The van der Waals surface area contributed by atoms with Crippen LogP contribution in [0.15, 0.2) is 32.1 Å². The summed E-state index contributed by atoms with van der Waals surface area (Å²) in [5.74, 6) is 0.0226. The number of aliphatic hydroxyl groups is 1. The van der Waals surface area contributed by atoms with Crippen LogP contribution in [0.4, 0.5) is 10.6 Å². The van der Waals surface area contributed by atoms with Gasteiger partial charge in [0.15, 0.2) is 40.7 Å². The summed E-state index contributed by atoms with van der Waals surface area (Å²) in [5, 5.41) is 13.3. The first-order valence-electron chi connectivity index (χ1n) is 17.6. The lowest BCUT2D eigenvalue weighted by Crippen LogP contribution is -2.43. The fraction of sp³-hybridized carbons (Fsp3) is 0.474. The number of hydrogen-bond acceptors (Lipinski definition) is 16. The average molecular weight is 812 g/mol. The molecule has 0 saturated carbocycles. The predicted molar refractivity (Wildman–Crippen MR) is 199 cm³/mol. The quantitative estimate of drug-likeness (QED) is 0.0601. The third-order valence-corrected chi connectivity index (χ3v) is 9.19. The zero-order valence-electron chi connectivity index (χ0n) is 32.5. The van der Waals surface area contributed by atoms with Crippen LogP contribution in [0.2, 0.25) is 5.28 Å². The minimum Gasteiger partial charge on any atom is -0.461 e. The number of carbonyl (C=O) groups excluding carboxylic acids is 4. The second-order valence-corrected chi connectivity index (χ2v) is 15.2. The summed E-state index contributed by atoms with van der Waals surface area (Å²) < 4.78 is 38.8. The Labute approximate surface area is 331 Å². The van der Waals surface area contributed by atoms with Gasteiger partial charge in [0.25, 0.3) is 0 Å². The van der Waals surface area contributed by atoms with Gasteiger partial charge in [-0.1, -0.05) is 25.8 Å². The Kier molecular flexibility index (Phi) is 12.2. The van der Waals surface area contributed by atoms with E-state index in [1.807, 2.05) is 33.8 Å². The van der Waals surface area contributed by atoms with Crippen molar-refractivity contribution in [3.63, 3.8) is 0 Å². The predicted octanol–water partition coefficient (Wildman–Crippen LogP) is 4.90. The molecule has 18 nitrogen and oxygen atoms in total. The number of nitrogens with zero attached hydrogens (tertiary/aromatic N) is 4. The number of benzene rings is 1. The molecule has 304 valence electrons. The van der Waals surface area contributed by atoms with E-state index in [9.17, 15) is 29.1 Å². The van der Waals surface area contributed by atoms with Crippen molar-refractivity contribution in [2.45, 2.75) is 110 Å². The number of imidazole rings is 1. The van der Waals surface area contributed by atoms with Crippen LogP contribution < -0.4 is 15.9 Å². The van der Waals surface area contributed by atoms with Gasteiger partial charge in [-0.05, 0) is 63.4 Å². The molecule has 19 heteroatoms. The Balaban J connectivity index is 1.24. The van der Waals surface area contributed by atoms with Crippen molar-refractivity contribution < 1.29 is 56.8 Å². The molecule has 1 fully saturated rings. The maximum atomic E-state index is 13.3. The summed E-state index contributed by atoms with van der Waals surface area (Å²) in [4.78, 5) is 74.4. The Morgan fingerprint density at radius 3 is 2.44 bits per heavy atom. The SMILES string of the molecule is C#C[C@]1(COC(=O)CC(C)(C)c2c(C)cc(C)cc2OC(C)=O)O[C@@H](n2cnc3c(NC(=O)OC(C)(C)CC(=O)OCc4oc(=O)oc4C)nc(Cl)nc32)C[C@@H]1O. The van der Waals surface area contributed by atoms with Crippen LogP contribution in [-0.2, 0) is 45.4 Å². The Morgan fingerprint density at radius 1 is 1.09 bits per heavy atom. The third kappa shape index (κ3) is 9.79. The number of fused-ring (bicyclic) bond motifs is 1. The lowest BCUT2D eigenvalue weighted by molar-refractivity contribution is -0.157. The summed E-state index contributed by atoms with van der Waals surface area (Å²) in [5.41, 5.74) is -1.44. The minimum atomic E-state index is -1.76. The van der Waals surface area contributed by atoms with Crippen molar-refractivity contribution in [3.05, 3.63) is 62.6 Å². The largest absolute Gasteiger partial charge is 0.519 e. The van der Waals surface area contributed by atoms with Crippen LogP contribution in [0.3, 0.4) is 0 Å². The molecule has 3 aromatic heterocycles. The second kappa shape index (κ2) is 16.4. The maximum Gasteiger partial charge on any atom is 0.519 e. The molecule has 1 aliphatic rings. The summed E-state index contributed by atoms with van der Waals surface area (Å²) >= 11 is 6.23. The fourth-order valence-electron chi connectivity index (χ4n) is 6.59. The van der Waals surface area contributed by atoms with E-state index in [4.69, 9.17) is 50.5 Å². The van der Waals surface area contributed by atoms with Crippen molar-refractivity contribution in [3.8, 4) is 18.1 Å². The molecule has 4 heterocycles. The van der Waals surface area contributed by atoms with Gasteiger partial charge in [0.1, 0.15) is 30.3 Å². The highest BCUT2D eigenvalue weighted by molar-refractivity contribution is 6.28. The molecule has 0 aliphatic carbocycles. The molecule has 1 aromatic carbocycles. The number of amides is 1. The molecule has 57 heavy (non-hydrogen) atoms. The summed E-state index contributed by atoms with van der Waals surface area (Å²) in [6.45, 7) is 12.2. The van der Waals surface area contributed by atoms with Gasteiger partial charge >= 0.3 is 29.8 Å². The van der Waals surface area contributed by atoms with Crippen LogP contribution in [0.1, 0.15) is 88.3 Å². The Morgan fingerprint density at radius 2 is 1.79 bits per heavy atom. The highest BCUT2D eigenvalue weighted by Gasteiger charge is 2.49. The van der Waals surface area contributed by atoms with E-state index < -0.39 is 65.4 Å². The lowest BCUT2D eigenvalue weighted by Gasteiger charge is -2.30. The van der Waals surface area contributed by atoms with Gasteiger partial charge in [-0.15, -0.1) is 6.42 Å². The molecule has 2 N–H and O–H groups in total. The molecule has 0 radical (unpaired) electrons. The zero-order chi connectivity index (χ0) is 42.0. The molecule has 3 atom stereocenters. The number of rotatable bonds is 13. The van der Waals surface area contributed by atoms with Gasteiger partial charge in [-0.3, -0.25) is 24.3 Å². The van der Waals surface area contributed by atoms with Crippen LogP contribution in [-0.4, -0.2) is 72.5 Å². The second-order valence-electron chi connectivity index (χ2n) is 14.8. The monoisotopic (exact) mass is 811 g/mol. The fourth-order valence-corrected chi connectivity index (χ4v) is 6.76. The number of aryl methyl sites for hydroxylation is 3. The molecule has 5 rings (SSSR count). The van der Waals surface area contributed by atoms with Gasteiger partial charge in [-0.25, -0.2) is 14.6 Å². The van der Waals surface area contributed by atoms with Crippen molar-refractivity contribution in [1.29, 1.82) is 0 Å². The number of ether oxygens (including phenoxy) is 5. The highest BCUT2D eigenvalue weighted by Crippen LogP contribution is 2.41. The minimum absolute atomic E-state index is 0.0433. The number of carbonyl (C=O) groups is 4. The van der Waals surface area contributed by atoms with Crippen LogP contribution in [0.25, 0.3) is 11.2 Å². The average Bonchev–Trinajstić information content (AvgIpc) is 3.74. The van der Waals surface area contributed by atoms with Crippen LogP contribution in [0.5, 0.6) is 5.75 Å². The lowest BCUT2D eigenvalue weighted by atomic mass is 9.78. The molecule has 1 amide bonds. The number of aromatic nitrogens is 4. The topological polar surface area (TPSA) is 234 Å². The van der Waals surface area contributed by atoms with E-state index in [1.54, 1.807) is 6.07 Å². The van der Waals surface area contributed by atoms with Crippen molar-refractivity contribution in [2.24, 2.45) is 0 Å². The van der Waals surface area contributed by atoms with Gasteiger partial charge in [0, 0.05) is 24.3 Å². The first-order valence-corrected chi connectivity index (χ1v) is 17.9. The van der Waals surface area contributed by atoms with E-state index in [0.717, 1.165) is 11.1 Å². The first kappa shape index (κ1) is 42.4. The van der Waals surface area contributed by atoms with Crippen molar-refractivity contribution in [1.82, 2.24) is 19.5 Å². The zero-order valence-corrected chi connectivity index (χ0v) is 33.3. The third-order valence-electron chi connectivity index (χ3n) is 9.03. The molecular formula is C38H42ClN5O13. The molecule has 1 saturated heterocycles. The van der Waals surface area contributed by atoms with Crippen molar-refractivity contribution >= 4 is 52.6 Å². The number of anilines is 1. The number of aliphatic hydroxyl groups excluding tert-OH is 1. The number of nitrogens with one attached hydrogen (secondary N) is 1. The number of hydrogen-bond donors (Lipinski definition) is 2. The van der Waals surface area contributed by atoms with Gasteiger partial charge in [0.2, 0.25) is 5.28 Å². The number of halogens is 1. The van der Waals surface area contributed by atoms with Crippen LogP contribution in [0, 0.1) is 33.1 Å². The number of esters is 3. The molecular weight excluding hydrogens is 770 g/mol. The van der Waals surface area contributed by atoms with Gasteiger partial charge < -0.3 is 37.6 Å². The van der Waals surface area contributed by atoms with Gasteiger partial charge in [-0.2, -0.15) is 9.97 Å². The molecule has 0 bridgehead atoms. The molecule has 0 spiro atoms. The Bertz CT molecular complexity index is 2320. The molecule has 0 unspecified atom stereocenters. The van der Waals surface area contributed by atoms with E-state index in [-0.39, 0.29) is 59.7 Å². The molecule has 4 aromatic rings. The van der Waals surface area contributed by atoms with Gasteiger partial charge in [0.05, 0.1) is 19.2 Å². The van der Waals surface area contributed by atoms with Crippen molar-refractivity contribution in [2.75, 3.05) is 11.9 Å². The maximum absolute atomic E-state index is 13.3.